The van der Waals surface area contributed by atoms with E-state index in [2.05, 4.69) is 15.9 Å². The van der Waals surface area contributed by atoms with Gasteiger partial charge in [0, 0.05) is 23.8 Å². The predicted molar refractivity (Wildman–Crippen MR) is 68.6 cm³/mol. The minimum absolute atomic E-state index is 0.170. The lowest BCUT2D eigenvalue weighted by Crippen LogP contribution is -2.29. The van der Waals surface area contributed by atoms with Crippen molar-refractivity contribution in [2.45, 2.75) is 4.90 Å². The molecule has 1 amide bonds. The molecule has 1 aromatic rings. The molecule has 4 heteroatoms. The Kier molecular flexibility index (Phi) is 5.79. The maximum atomic E-state index is 11.6. The van der Waals surface area contributed by atoms with Crippen molar-refractivity contribution in [1.29, 1.82) is 0 Å². The molecule has 0 saturated heterocycles. The number of carbonyl (C=O) groups is 1. The van der Waals surface area contributed by atoms with Crippen molar-refractivity contribution < 1.29 is 4.79 Å². The average Bonchev–Trinajstić information content (AvgIpc) is 2.27. The summed E-state index contributed by atoms with van der Waals surface area (Å²) in [5.41, 5.74) is 0. The number of nitrogens with zero attached hydrogens (tertiary/aromatic N) is 1. The van der Waals surface area contributed by atoms with Gasteiger partial charge in [-0.1, -0.05) is 34.1 Å². The summed E-state index contributed by atoms with van der Waals surface area (Å²) >= 11 is 4.89. The van der Waals surface area contributed by atoms with Crippen molar-refractivity contribution in [1.82, 2.24) is 4.90 Å². The van der Waals surface area contributed by atoms with E-state index in [4.69, 9.17) is 0 Å². The van der Waals surface area contributed by atoms with Gasteiger partial charge in [0.05, 0.1) is 5.75 Å². The predicted octanol–water partition coefficient (Wildman–Crippen LogP) is 2.63. The molecule has 15 heavy (non-hydrogen) atoms. The number of benzene rings is 1. The highest BCUT2D eigenvalue weighted by molar-refractivity contribution is 9.09. The first-order chi connectivity index (χ1) is 7.24. The average molecular weight is 288 g/mol. The van der Waals surface area contributed by atoms with Gasteiger partial charge >= 0.3 is 0 Å². The maximum absolute atomic E-state index is 11.6. The van der Waals surface area contributed by atoms with Gasteiger partial charge in [-0.2, -0.15) is 0 Å². The first-order valence-electron chi connectivity index (χ1n) is 4.72. The summed E-state index contributed by atoms with van der Waals surface area (Å²) in [6.07, 6.45) is 0. The van der Waals surface area contributed by atoms with Gasteiger partial charge in [-0.25, -0.2) is 0 Å². The Morgan fingerprint density at radius 1 is 1.40 bits per heavy atom. The van der Waals surface area contributed by atoms with Gasteiger partial charge in [-0.15, -0.1) is 11.8 Å². The van der Waals surface area contributed by atoms with E-state index < -0.39 is 0 Å². The van der Waals surface area contributed by atoms with Gasteiger partial charge in [0.25, 0.3) is 0 Å². The van der Waals surface area contributed by atoms with Crippen LogP contribution in [0.25, 0.3) is 0 Å². The fraction of sp³-hybridized carbons (Fsp3) is 0.364. The van der Waals surface area contributed by atoms with Crippen molar-refractivity contribution >= 4 is 33.6 Å². The van der Waals surface area contributed by atoms with Crippen LogP contribution in [0.2, 0.25) is 0 Å². The first-order valence-corrected chi connectivity index (χ1v) is 6.82. The van der Waals surface area contributed by atoms with E-state index in [1.807, 2.05) is 37.4 Å². The molecule has 0 heterocycles. The van der Waals surface area contributed by atoms with Crippen LogP contribution in [-0.4, -0.2) is 35.5 Å². The number of thioether (sulfide) groups is 1. The van der Waals surface area contributed by atoms with Crippen LogP contribution in [-0.2, 0) is 4.79 Å². The number of hydrogen-bond acceptors (Lipinski definition) is 2. The SMILES string of the molecule is CN(CCBr)C(=O)CSc1ccccc1. The molecule has 0 atom stereocenters. The second-order valence-corrected chi connectivity index (χ2v) is 4.95. The zero-order valence-corrected chi connectivity index (χ0v) is 11.1. The highest BCUT2D eigenvalue weighted by Gasteiger charge is 2.07. The zero-order chi connectivity index (χ0) is 11.1. The number of alkyl halides is 1. The van der Waals surface area contributed by atoms with E-state index in [9.17, 15) is 4.79 Å². The molecule has 0 aliphatic carbocycles. The molecule has 1 rings (SSSR count). The monoisotopic (exact) mass is 287 g/mol. The van der Waals surface area contributed by atoms with Gasteiger partial charge < -0.3 is 4.90 Å². The Morgan fingerprint density at radius 3 is 2.67 bits per heavy atom. The highest BCUT2D eigenvalue weighted by Crippen LogP contribution is 2.16. The molecule has 82 valence electrons. The molecule has 0 radical (unpaired) electrons. The van der Waals surface area contributed by atoms with Crippen LogP contribution in [0.3, 0.4) is 0 Å². The summed E-state index contributed by atoms with van der Waals surface area (Å²) < 4.78 is 0. The van der Waals surface area contributed by atoms with Gasteiger partial charge in [0.15, 0.2) is 0 Å². The quantitative estimate of drug-likeness (QED) is 0.613. The minimum Gasteiger partial charge on any atom is -0.344 e. The highest BCUT2D eigenvalue weighted by atomic mass is 79.9. The zero-order valence-electron chi connectivity index (χ0n) is 8.65. The molecular formula is C11H14BrNOS. The van der Waals surface area contributed by atoms with E-state index in [-0.39, 0.29) is 5.91 Å². The summed E-state index contributed by atoms with van der Waals surface area (Å²) in [7, 11) is 1.83. The Bertz CT molecular complexity index is 305. The molecular weight excluding hydrogens is 274 g/mol. The molecule has 2 nitrogen and oxygen atoms in total. The minimum atomic E-state index is 0.170. The van der Waals surface area contributed by atoms with Crippen molar-refractivity contribution in [3.63, 3.8) is 0 Å². The van der Waals surface area contributed by atoms with Crippen LogP contribution in [0.15, 0.2) is 35.2 Å². The molecule has 0 bridgehead atoms. The van der Waals surface area contributed by atoms with Crippen LogP contribution in [0.5, 0.6) is 0 Å². The summed E-state index contributed by atoms with van der Waals surface area (Å²) in [6.45, 7) is 0.758. The van der Waals surface area contributed by atoms with Gasteiger partial charge in [-0.3, -0.25) is 4.79 Å². The van der Waals surface area contributed by atoms with Crippen molar-refractivity contribution in [3.05, 3.63) is 30.3 Å². The molecule has 0 aliphatic rings. The maximum Gasteiger partial charge on any atom is 0.232 e. The van der Waals surface area contributed by atoms with Crippen LogP contribution in [0.4, 0.5) is 0 Å². The van der Waals surface area contributed by atoms with Gasteiger partial charge in [-0.05, 0) is 12.1 Å². The third-order valence-corrected chi connectivity index (χ3v) is 3.30. The summed E-state index contributed by atoms with van der Waals surface area (Å²) in [5, 5.41) is 0.825. The first kappa shape index (κ1) is 12.6. The lowest BCUT2D eigenvalue weighted by molar-refractivity contribution is -0.126. The number of halogens is 1. The van der Waals surface area contributed by atoms with E-state index in [0.29, 0.717) is 5.75 Å². The van der Waals surface area contributed by atoms with Crippen LogP contribution < -0.4 is 0 Å². The molecule has 0 saturated carbocycles. The second kappa shape index (κ2) is 6.90. The Labute approximate surface area is 103 Å². The lowest BCUT2D eigenvalue weighted by Gasteiger charge is -2.14. The largest absolute Gasteiger partial charge is 0.344 e. The van der Waals surface area contributed by atoms with E-state index in [1.54, 1.807) is 16.7 Å². The smallest absolute Gasteiger partial charge is 0.232 e. The van der Waals surface area contributed by atoms with Crippen molar-refractivity contribution in [3.8, 4) is 0 Å². The molecule has 0 spiro atoms. The topological polar surface area (TPSA) is 20.3 Å². The van der Waals surface area contributed by atoms with E-state index in [0.717, 1.165) is 16.8 Å². The fourth-order valence-electron chi connectivity index (χ4n) is 1.02. The summed E-state index contributed by atoms with van der Waals surface area (Å²) in [6, 6.07) is 9.97. The van der Waals surface area contributed by atoms with Gasteiger partial charge in [0.2, 0.25) is 5.91 Å². The number of rotatable bonds is 5. The Morgan fingerprint density at radius 2 is 2.07 bits per heavy atom. The molecule has 0 fully saturated rings. The number of amides is 1. The standard InChI is InChI=1S/C11H14BrNOS/c1-13(8-7-12)11(14)9-15-10-5-3-2-4-6-10/h2-6H,7-9H2,1H3. The molecule has 1 aromatic carbocycles. The number of hydrogen-bond donors (Lipinski definition) is 0. The Balaban J connectivity index is 2.34. The van der Waals surface area contributed by atoms with Crippen molar-refractivity contribution in [2.24, 2.45) is 0 Å². The van der Waals surface area contributed by atoms with Crippen LogP contribution in [0, 0.1) is 0 Å². The summed E-state index contributed by atoms with van der Waals surface area (Å²) in [5.74, 6) is 0.677. The van der Waals surface area contributed by atoms with Crippen molar-refractivity contribution in [2.75, 3.05) is 24.7 Å². The lowest BCUT2D eigenvalue weighted by atomic mass is 10.4. The third-order valence-electron chi connectivity index (χ3n) is 1.95. The number of carbonyl (C=O) groups excluding carboxylic acids is 1. The van der Waals surface area contributed by atoms with Crippen LogP contribution in [0.1, 0.15) is 0 Å². The fourth-order valence-corrected chi connectivity index (χ4v) is 2.42. The molecule has 0 aromatic heterocycles. The Hall–Kier alpha value is -0.480. The second-order valence-electron chi connectivity index (χ2n) is 3.11. The molecule has 0 unspecified atom stereocenters. The van der Waals surface area contributed by atoms with Crippen LogP contribution >= 0.6 is 27.7 Å². The summed E-state index contributed by atoms with van der Waals surface area (Å²) in [4.78, 5) is 14.5. The van der Waals surface area contributed by atoms with E-state index >= 15 is 0 Å². The molecule has 0 N–H and O–H groups in total. The normalized spacial score (nSPS) is 10.0. The van der Waals surface area contributed by atoms with Gasteiger partial charge in [0.1, 0.15) is 0 Å². The van der Waals surface area contributed by atoms with E-state index in [1.165, 1.54) is 0 Å². The third kappa shape index (κ3) is 4.71. The molecule has 0 aliphatic heterocycles.